The van der Waals surface area contributed by atoms with Crippen molar-refractivity contribution >= 4 is 36.0 Å². The molecule has 49 heavy (non-hydrogen) atoms. The monoisotopic (exact) mass is 735 g/mol. The minimum atomic E-state index is -4.50. The molecule has 2 aromatic carbocycles. The number of fused-ring (bicyclic) bond motifs is 1. The molecule has 0 radical (unpaired) electrons. The second-order valence-electron chi connectivity index (χ2n) is 12.4. The summed E-state index contributed by atoms with van der Waals surface area (Å²) >= 11 is 0. The number of anilines is 1. The van der Waals surface area contributed by atoms with Gasteiger partial charge < -0.3 is 9.64 Å². The molecule has 0 saturated carbocycles. The number of hydrogen-bond donors (Lipinski definition) is 3. The van der Waals surface area contributed by atoms with E-state index in [1.54, 1.807) is 57.4 Å². The molecule has 0 bridgehead atoms. The Morgan fingerprint density at radius 1 is 0.939 bits per heavy atom. The van der Waals surface area contributed by atoms with Crippen LogP contribution in [0.2, 0.25) is 0 Å². The Labute approximate surface area is 290 Å². The van der Waals surface area contributed by atoms with Gasteiger partial charge in [-0.25, -0.2) is 0 Å². The minimum absolute atomic E-state index is 0.0735. The van der Waals surface area contributed by atoms with Gasteiger partial charge in [-0.3, -0.25) is 13.7 Å². The summed E-state index contributed by atoms with van der Waals surface area (Å²) in [6.07, 6.45) is 13.5. The molecule has 11 nitrogen and oxygen atoms in total. The third-order valence-electron chi connectivity index (χ3n) is 9.01. The second kappa shape index (κ2) is 15.7. The number of rotatable bonds is 16. The van der Waals surface area contributed by atoms with Crippen molar-refractivity contribution in [1.29, 1.82) is 0 Å². The fourth-order valence-electron chi connectivity index (χ4n) is 6.23. The summed E-state index contributed by atoms with van der Waals surface area (Å²) in [4.78, 5) is 1.63. The van der Waals surface area contributed by atoms with E-state index >= 15 is 0 Å². The van der Waals surface area contributed by atoms with Crippen LogP contribution in [0.15, 0.2) is 107 Å². The zero-order valence-electron chi connectivity index (χ0n) is 28.3. The highest BCUT2D eigenvalue weighted by Crippen LogP contribution is 2.50. The van der Waals surface area contributed by atoms with Crippen molar-refractivity contribution in [2.45, 2.75) is 67.6 Å². The Balaban J connectivity index is 1.90. The third-order valence-corrected chi connectivity index (χ3v) is 11.5. The Bertz CT molecular complexity index is 2010. The molecule has 2 unspecified atom stereocenters. The van der Waals surface area contributed by atoms with Crippen LogP contribution in [0.25, 0.3) is 0 Å². The Morgan fingerprint density at radius 2 is 1.53 bits per heavy atom. The van der Waals surface area contributed by atoms with Crippen molar-refractivity contribution in [3.63, 3.8) is 0 Å². The molecule has 0 aliphatic carbocycles. The summed E-state index contributed by atoms with van der Waals surface area (Å²) in [5.74, 6) is -0.483. The number of allylic oxidation sites excluding steroid dienone is 9. The summed E-state index contributed by atoms with van der Waals surface area (Å²) in [7, 11) is -11.5. The van der Waals surface area contributed by atoms with Gasteiger partial charge in [-0.15, -0.1) is 0 Å². The Hall–Kier alpha value is -3.37. The van der Waals surface area contributed by atoms with Crippen LogP contribution in [0, 0.1) is 6.92 Å². The van der Waals surface area contributed by atoms with Crippen LogP contribution in [0.1, 0.15) is 56.7 Å². The molecule has 3 rings (SSSR count). The van der Waals surface area contributed by atoms with Gasteiger partial charge in [-0.2, -0.15) is 25.3 Å². The lowest BCUT2D eigenvalue weighted by molar-refractivity contribution is 0.178. The van der Waals surface area contributed by atoms with Gasteiger partial charge >= 0.3 is 0 Å². The van der Waals surface area contributed by atoms with Crippen LogP contribution in [0.4, 0.5) is 5.69 Å². The Kier molecular flexibility index (Phi) is 12.8. The summed E-state index contributed by atoms with van der Waals surface area (Å²) < 4.78 is 104. The molecule has 0 spiro atoms. The Morgan fingerprint density at radius 3 is 2.12 bits per heavy atom. The lowest BCUT2D eigenvalue weighted by atomic mass is 9.71. The van der Waals surface area contributed by atoms with Gasteiger partial charge in [-0.05, 0) is 98.7 Å². The predicted octanol–water partition coefficient (Wildman–Crippen LogP) is 6.36. The van der Waals surface area contributed by atoms with Crippen molar-refractivity contribution in [1.82, 2.24) is 0 Å². The zero-order valence-corrected chi connectivity index (χ0v) is 30.8. The van der Waals surface area contributed by atoms with E-state index in [0.29, 0.717) is 36.3 Å². The first-order chi connectivity index (χ1) is 22.7. The maximum Gasteiger partial charge on any atom is 0.294 e. The number of benzene rings is 2. The van der Waals surface area contributed by atoms with Crippen LogP contribution in [0.5, 0.6) is 0 Å². The van der Waals surface area contributed by atoms with Crippen LogP contribution in [-0.4, -0.2) is 64.9 Å². The summed E-state index contributed by atoms with van der Waals surface area (Å²) in [5, 5.41) is 0. The van der Waals surface area contributed by atoms with Crippen LogP contribution < -0.4 is 4.90 Å². The van der Waals surface area contributed by atoms with E-state index in [4.69, 9.17) is 4.74 Å². The normalized spacial score (nSPS) is 19.3. The highest BCUT2D eigenvalue weighted by Gasteiger charge is 2.43. The van der Waals surface area contributed by atoms with Gasteiger partial charge in [-0.1, -0.05) is 56.0 Å². The standard InChI is InChI=1S/C35H45NO10S3/c1-7-36-32-19-18-29(49(43,44)45)25-31(32)35(5,21-22-46-6)33(36)15-12-10-8-9-11-14-27(3)34(4,20-13-23-47(37,38)39)30-24-28(48(40,41)42)17-16-26(30)2/h8-12,14-19,24-25H,3,7,13,20-23H2,1-2,4-6H3,(H,37,38,39)(H,40,41,42)(H,43,44,45)/b9-8+,12-10+,14-11+,33-15+. The van der Waals surface area contributed by atoms with Crippen LogP contribution >= 0.6 is 0 Å². The lowest BCUT2D eigenvalue weighted by Gasteiger charge is -2.33. The van der Waals surface area contributed by atoms with Crippen molar-refractivity contribution in [2.24, 2.45) is 0 Å². The molecule has 0 saturated heterocycles. The molecule has 1 aliphatic rings. The van der Waals surface area contributed by atoms with E-state index in [-0.39, 0.29) is 22.6 Å². The topological polar surface area (TPSA) is 176 Å². The summed E-state index contributed by atoms with van der Waals surface area (Å²) in [5.41, 5.74) is 2.82. The average Bonchev–Trinajstić information content (AvgIpc) is 3.24. The van der Waals surface area contributed by atoms with E-state index in [1.807, 2.05) is 32.1 Å². The van der Waals surface area contributed by atoms with E-state index in [0.717, 1.165) is 16.9 Å². The predicted molar refractivity (Wildman–Crippen MR) is 192 cm³/mol. The van der Waals surface area contributed by atoms with Crippen molar-refractivity contribution in [3.8, 4) is 0 Å². The van der Waals surface area contributed by atoms with Gasteiger partial charge in [0.2, 0.25) is 0 Å². The molecule has 0 aromatic heterocycles. The molecule has 14 heteroatoms. The molecule has 2 atom stereocenters. The van der Waals surface area contributed by atoms with Crippen molar-refractivity contribution in [3.05, 3.63) is 113 Å². The molecule has 3 N–H and O–H groups in total. The number of ether oxygens (including phenoxy) is 1. The average molecular weight is 736 g/mol. The van der Waals surface area contributed by atoms with Crippen LogP contribution in [-0.2, 0) is 45.9 Å². The van der Waals surface area contributed by atoms with Gasteiger partial charge in [0.15, 0.2) is 0 Å². The fourth-order valence-corrected chi connectivity index (χ4v) is 7.75. The first-order valence-electron chi connectivity index (χ1n) is 15.5. The van der Waals surface area contributed by atoms with E-state index in [2.05, 4.69) is 11.5 Å². The first kappa shape index (κ1) is 40.1. The number of aryl methyl sites for hydroxylation is 1. The van der Waals surface area contributed by atoms with Gasteiger partial charge in [0.25, 0.3) is 30.4 Å². The number of methoxy groups -OCH3 is 1. The van der Waals surface area contributed by atoms with Crippen molar-refractivity contribution < 1.29 is 43.6 Å². The lowest BCUT2D eigenvalue weighted by Crippen LogP contribution is -2.29. The fraction of sp³-hybridized carbons (Fsp3) is 0.371. The molecule has 268 valence electrons. The molecule has 1 heterocycles. The maximum atomic E-state index is 11.9. The SMILES string of the molecule is C=C(/C=C/C=C/C=C/C=C1/N(CC)c2ccc(S(=O)(=O)O)cc2C1(C)CCOC)C(C)(CCCS(=O)(=O)O)c1cc(S(=O)(=O)O)ccc1C. The number of hydrogen-bond acceptors (Lipinski definition) is 8. The number of likely N-dealkylation sites (N-methyl/N-ethyl adjacent to an activating group) is 1. The molecular formula is C35H45NO10S3. The van der Waals surface area contributed by atoms with Gasteiger partial charge in [0.05, 0.1) is 15.5 Å². The molecule has 1 aliphatic heterocycles. The highest BCUT2D eigenvalue weighted by atomic mass is 32.2. The highest BCUT2D eigenvalue weighted by molar-refractivity contribution is 7.86. The summed E-state index contributed by atoms with van der Waals surface area (Å²) in [6, 6.07) is 8.81. The minimum Gasteiger partial charge on any atom is -0.385 e. The molecule has 2 aromatic rings. The van der Waals surface area contributed by atoms with Crippen molar-refractivity contribution in [2.75, 3.05) is 30.9 Å². The van der Waals surface area contributed by atoms with Gasteiger partial charge in [0, 0.05) is 42.5 Å². The van der Waals surface area contributed by atoms with E-state index in [1.165, 1.54) is 24.3 Å². The number of nitrogens with zero attached hydrogens (tertiary/aromatic N) is 1. The second-order valence-corrected chi connectivity index (χ2v) is 16.8. The smallest absolute Gasteiger partial charge is 0.294 e. The molecule has 0 fully saturated rings. The zero-order chi connectivity index (χ0) is 36.8. The quantitative estimate of drug-likeness (QED) is 0.129. The van der Waals surface area contributed by atoms with Gasteiger partial charge in [0.1, 0.15) is 0 Å². The van der Waals surface area contributed by atoms with E-state index < -0.39 is 46.9 Å². The maximum absolute atomic E-state index is 11.9. The molecular weight excluding hydrogens is 691 g/mol. The largest absolute Gasteiger partial charge is 0.385 e. The van der Waals surface area contributed by atoms with Crippen LogP contribution in [0.3, 0.4) is 0 Å². The molecule has 0 amide bonds. The first-order valence-corrected chi connectivity index (χ1v) is 20.0. The summed E-state index contributed by atoms with van der Waals surface area (Å²) in [6.45, 7) is 12.8. The third kappa shape index (κ3) is 9.66. The van der Waals surface area contributed by atoms with E-state index in [9.17, 15) is 38.9 Å².